The van der Waals surface area contributed by atoms with Crippen LogP contribution < -0.4 is 0 Å². The molecule has 0 saturated carbocycles. The number of hydrogen-bond donors (Lipinski definition) is 2. The van der Waals surface area contributed by atoms with Gasteiger partial charge in [-0.05, 0) is 62.8 Å². The number of morpholine rings is 1. The van der Waals surface area contributed by atoms with E-state index in [4.69, 9.17) is 56.8 Å². The van der Waals surface area contributed by atoms with Crippen molar-refractivity contribution in [3.63, 3.8) is 0 Å². The topological polar surface area (TPSA) is 189 Å². The van der Waals surface area contributed by atoms with Crippen molar-refractivity contribution in [1.82, 2.24) is 4.90 Å². The normalized spacial score (nSPS) is 45.7. The Labute approximate surface area is 420 Å². The van der Waals surface area contributed by atoms with E-state index in [1.807, 2.05) is 39.0 Å². The smallest absolute Gasteiger partial charge is 0.316 e. The molecule has 7 aliphatic heterocycles. The molecule has 8 rings (SSSR count). The van der Waals surface area contributed by atoms with Crippen molar-refractivity contribution >= 4 is 11.9 Å². The van der Waals surface area contributed by atoms with Gasteiger partial charge in [0, 0.05) is 64.8 Å². The second-order valence-electron chi connectivity index (χ2n) is 21.2. The van der Waals surface area contributed by atoms with Gasteiger partial charge in [-0.15, -0.1) is 0 Å². The quantitative estimate of drug-likeness (QED) is 0.201. The van der Waals surface area contributed by atoms with Gasteiger partial charge in [0.05, 0.1) is 62.5 Å². The van der Waals surface area contributed by atoms with Crippen molar-refractivity contribution in [3.05, 3.63) is 59.3 Å². The maximum absolute atomic E-state index is 14.4. The molecule has 1 amide bonds. The van der Waals surface area contributed by atoms with E-state index in [0.717, 1.165) is 12.0 Å². The van der Waals surface area contributed by atoms with E-state index in [0.29, 0.717) is 63.1 Å². The fourth-order valence-corrected chi connectivity index (χ4v) is 11.9. The summed E-state index contributed by atoms with van der Waals surface area (Å²) in [5, 5.41) is 23.8. The van der Waals surface area contributed by atoms with Gasteiger partial charge in [0.15, 0.2) is 18.4 Å². The summed E-state index contributed by atoms with van der Waals surface area (Å²) < 4.78 is 76.5. The number of fused-ring (bicyclic) bond motifs is 2. The van der Waals surface area contributed by atoms with Gasteiger partial charge in [-0.25, -0.2) is 0 Å². The number of carbonyl (C=O) groups excluding carboxylic acids is 2. The number of amides is 1. The van der Waals surface area contributed by atoms with Crippen LogP contribution >= 0.6 is 0 Å². The lowest BCUT2D eigenvalue weighted by atomic mass is 9.71. The summed E-state index contributed by atoms with van der Waals surface area (Å²) in [6.45, 7) is 18.2. The minimum absolute atomic E-state index is 0.0219. The van der Waals surface area contributed by atoms with Crippen LogP contribution in [0.5, 0.6) is 0 Å². The predicted molar refractivity (Wildman–Crippen MR) is 258 cm³/mol. The lowest BCUT2D eigenvalue weighted by Gasteiger charge is -2.48. The molecule has 5 fully saturated rings. The van der Waals surface area contributed by atoms with E-state index in [9.17, 15) is 19.8 Å². The molecule has 7 heterocycles. The first-order chi connectivity index (χ1) is 34.0. The molecule has 0 aromatic heterocycles. The first-order valence-electron chi connectivity index (χ1n) is 26.1. The minimum atomic E-state index is -1.85. The zero-order valence-electron chi connectivity index (χ0n) is 43.5. The molecule has 2 N–H and O–H groups in total. The van der Waals surface area contributed by atoms with E-state index in [-0.39, 0.29) is 55.5 Å². The first kappa shape index (κ1) is 54.4. The molecule has 3 unspecified atom stereocenters. The summed E-state index contributed by atoms with van der Waals surface area (Å²) in [4.78, 5) is 29.1. The van der Waals surface area contributed by atoms with Gasteiger partial charge in [-0.1, -0.05) is 70.6 Å². The summed E-state index contributed by atoms with van der Waals surface area (Å²) >= 11 is 0. The summed E-state index contributed by atoms with van der Waals surface area (Å²) in [7, 11) is 3.28. The largest absolute Gasteiger partial charge is 0.462 e. The Kier molecular flexibility index (Phi) is 17.9. The number of aliphatic hydroxyl groups excluding tert-OH is 1. The minimum Gasteiger partial charge on any atom is -0.462 e. The average molecular weight is 1000 g/mol. The summed E-state index contributed by atoms with van der Waals surface area (Å²) in [6, 6.07) is 0. The third kappa shape index (κ3) is 11.8. The van der Waals surface area contributed by atoms with Crippen molar-refractivity contribution in [3.8, 4) is 0 Å². The molecule has 2 bridgehead atoms. The number of hydrogen-bond acceptors (Lipinski definition) is 16. The van der Waals surface area contributed by atoms with E-state index in [1.54, 1.807) is 38.2 Å². The maximum Gasteiger partial charge on any atom is 0.316 e. The lowest BCUT2D eigenvalue weighted by molar-refractivity contribution is -0.320. The Morgan fingerprint density at radius 3 is 2.30 bits per heavy atom. The molecule has 8 aliphatic rings. The SMILES string of the molecule is CCC(C)[C@H]1O[C@]2(C=C[C@@H]1C)C[C@@H]1C[C@@H](C/C=C(\C)[C@@H](OC3C[C@H](OC)[C@@H](OC4C[C@H](OC)[C@@H](OCC(=O)N5CCOCC5)[C@H](C)O4)[C@H](C)O3)[C@@H](C)/C=C/C=C3\CO[C@@H]4[C@H](O)C(C)=C[C@@H](C(=O)O1)[C@]34O)O2. The number of methoxy groups -OCH3 is 2. The van der Waals surface area contributed by atoms with Crippen molar-refractivity contribution < 1.29 is 76.6 Å². The molecule has 17 heteroatoms. The fourth-order valence-electron chi connectivity index (χ4n) is 11.9. The lowest BCUT2D eigenvalue weighted by Crippen LogP contribution is -2.58. The van der Waals surface area contributed by atoms with Gasteiger partial charge in [0.2, 0.25) is 5.91 Å². The second-order valence-corrected chi connectivity index (χ2v) is 21.2. The number of esters is 1. The highest BCUT2D eigenvalue weighted by Crippen LogP contribution is 2.47. The van der Waals surface area contributed by atoms with Gasteiger partial charge >= 0.3 is 5.97 Å². The van der Waals surface area contributed by atoms with E-state index in [1.165, 1.54) is 0 Å². The Morgan fingerprint density at radius 2 is 1.59 bits per heavy atom. The molecule has 17 nitrogen and oxygen atoms in total. The van der Waals surface area contributed by atoms with Gasteiger partial charge < -0.3 is 72.0 Å². The molecule has 0 aromatic carbocycles. The summed E-state index contributed by atoms with van der Waals surface area (Å²) in [5.74, 6) is -2.73. The van der Waals surface area contributed by atoms with E-state index < -0.39 is 96.9 Å². The molecule has 1 spiro atoms. The summed E-state index contributed by atoms with van der Waals surface area (Å²) in [5.41, 5.74) is 0.0973. The first-order valence-corrected chi connectivity index (χ1v) is 26.1. The van der Waals surface area contributed by atoms with Crippen molar-refractivity contribution in [2.45, 2.75) is 191 Å². The van der Waals surface area contributed by atoms with Gasteiger partial charge in [0.25, 0.3) is 0 Å². The molecule has 0 aromatic rings. The Morgan fingerprint density at radius 1 is 0.901 bits per heavy atom. The Bertz CT molecular complexity index is 2000. The number of rotatable bonds is 11. The predicted octanol–water partition coefficient (Wildman–Crippen LogP) is 5.26. The van der Waals surface area contributed by atoms with E-state index in [2.05, 4.69) is 39.8 Å². The van der Waals surface area contributed by atoms with Gasteiger partial charge in [0.1, 0.15) is 48.6 Å². The van der Waals surface area contributed by atoms with Crippen LogP contribution in [0.15, 0.2) is 59.3 Å². The standard InChI is InChI=1S/C54H81NO16/c1-11-30(2)48-33(5)17-18-53(71-48)27-39-24-38(70-53)16-15-32(4)47(31(3)13-12-14-37-28-64-51-46(57)34(6)23-40(52(58)67-39)54(37,51)59)68-44-26-42(61-10)50(36(8)66-44)69-45-25-41(60-9)49(35(7)65-45)63-29-43(56)55-19-21-62-22-20-55/h12-15,17-18,23,30-31,33,35-36,38-42,44-51,57,59H,11,16,19-22,24-29H2,1-10H3/b13-12+,32-15+,37-14+/t30?,31-,33-,35-,36-,38+,39-,40-,41-,42-,44?,45?,46+,47-,48+,49-,50-,51+,53+,54+/m0/s1. The van der Waals surface area contributed by atoms with Crippen molar-refractivity contribution in [2.24, 2.45) is 23.7 Å². The molecular weight excluding hydrogens is 919 g/mol. The van der Waals surface area contributed by atoms with Crippen LogP contribution in [0, 0.1) is 23.7 Å². The molecule has 1 aliphatic carbocycles. The zero-order chi connectivity index (χ0) is 50.8. The zero-order valence-corrected chi connectivity index (χ0v) is 43.5. The van der Waals surface area contributed by atoms with Crippen molar-refractivity contribution in [2.75, 3.05) is 53.7 Å². The molecular formula is C54H81NO16. The van der Waals surface area contributed by atoms with Crippen LogP contribution in [0.4, 0.5) is 0 Å². The van der Waals surface area contributed by atoms with Gasteiger partial charge in [-0.3, -0.25) is 9.59 Å². The third-order valence-electron chi connectivity index (χ3n) is 16.2. The molecule has 5 saturated heterocycles. The Hall–Kier alpha value is -2.88. The van der Waals surface area contributed by atoms with E-state index >= 15 is 0 Å². The van der Waals surface area contributed by atoms with Crippen LogP contribution in [0.3, 0.4) is 0 Å². The highest BCUT2D eigenvalue weighted by atomic mass is 16.7. The number of carbonyl (C=O) groups is 2. The molecule has 71 heavy (non-hydrogen) atoms. The van der Waals surface area contributed by atoms with Crippen LogP contribution in [0.1, 0.15) is 93.9 Å². The average Bonchev–Trinajstić information content (AvgIpc) is 3.70. The summed E-state index contributed by atoms with van der Waals surface area (Å²) in [6.07, 6.45) is 8.61. The third-order valence-corrected chi connectivity index (χ3v) is 16.2. The second kappa shape index (κ2) is 23.3. The number of aliphatic hydroxyl groups is 2. The number of ether oxygens (including phenoxy) is 12. The van der Waals surface area contributed by atoms with Gasteiger partial charge in [-0.2, -0.15) is 0 Å². The maximum atomic E-state index is 14.4. The number of allylic oxidation sites excluding steroid dienone is 2. The Balaban J connectivity index is 1.01. The van der Waals surface area contributed by atoms with Crippen LogP contribution in [-0.2, 0) is 66.4 Å². The highest BCUT2D eigenvalue weighted by molar-refractivity contribution is 5.79. The fraction of sp³-hybridized carbons (Fsp3) is 0.778. The monoisotopic (exact) mass is 1000 g/mol. The van der Waals surface area contributed by atoms with Crippen LogP contribution in [0.25, 0.3) is 0 Å². The number of nitrogens with zero attached hydrogens (tertiary/aromatic N) is 1. The van der Waals surface area contributed by atoms with Crippen LogP contribution in [-0.4, -0.2) is 178 Å². The highest BCUT2D eigenvalue weighted by Gasteiger charge is 2.60. The molecule has 0 radical (unpaired) electrons. The van der Waals surface area contributed by atoms with Crippen molar-refractivity contribution in [1.29, 1.82) is 0 Å². The van der Waals surface area contributed by atoms with Crippen LogP contribution in [0.2, 0.25) is 0 Å². The molecule has 398 valence electrons. The molecule has 20 atom stereocenters.